The Kier molecular flexibility index (Phi) is 22.9. The third-order valence-electron chi connectivity index (χ3n) is 13.9. The molecule has 1 saturated heterocycles. The van der Waals surface area contributed by atoms with Crippen molar-refractivity contribution in [3.05, 3.63) is 231 Å². The fourth-order valence-corrected chi connectivity index (χ4v) is 9.10. The van der Waals surface area contributed by atoms with Gasteiger partial charge in [-0.25, -0.2) is 42.5 Å². The van der Waals surface area contributed by atoms with Crippen molar-refractivity contribution >= 4 is 42.0 Å². The quantitative estimate of drug-likeness (QED) is 0.0294. The largest absolute Gasteiger partial charge is 1.00 e. The van der Waals surface area contributed by atoms with E-state index in [1.807, 2.05) is 30.4 Å². The summed E-state index contributed by atoms with van der Waals surface area (Å²) in [6.45, 7) is 9.02. The summed E-state index contributed by atoms with van der Waals surface area (Å²) in [6, 6.07) is 28.9. The number of rotatable bonds is 12. The summed E-state index contributed by atoms with van der Waals surface area (Å²) in [7, 11) is 0. The number of nitriles is 2. The fourth-order valence-electron chi connectivity index (χ4n) is 9.10. The summed E-state index contributed by atoms with van der Waals surface area (Å²) in [4.78, 5) is 50.6. The summed E-state index contributed by atoms with van der Waals surface area (Å²) < 4.78 is 81.2. The van der Waals surface area contributed by atoms with Crippen LogP contribution in [0.25, 0.3) is 34.7 Å². The van der Waals surface area contributed by atoms with Crippen LogP contribution in [0.1, 0.15) is 120 Å². The van der Waals surface area contributed by atoms with Crippen LogP contribution in [0.15, 0.2) is 134 Å². The Morgan fingerprint density at radius 3 is 1.60 bits per heavy atom. The molecule has 2 aliphatic carbocycles. The molecule has 85 heavy (non-hydrogen) atoms. The van der Waals surface area contributed by atoms with Crippen molar-refractivity contribution in [2.45, 2.75) is 83.5 Å². The molecular formula is C66H61F5LiN9O3S. The van der Waals surface area contributed by atoms with Crippen LogP contribution in [-0.4, -0.2) is 60.9 Å². The Labute approximate surface area is 511 Å². The van der Waals surface area contributed by atoms with Gasteiger partial charge in [-0.15, -0.1) is 0 Å². The Morgan fingerprint density at radius 1 is 0.635 bits per heavy atom. The van der Waals surface area contributed by atoms with Gasteiger partial charge in [0.25, 0.3) is 0 Å². The summed E-state index contributed by atoms with van der Waals surface area (Å²) in [5.41, 5.74) is 13.0. The van der Waals surface area contributed by atoms with Crippen molar-refractivity contribution in [2.24, 2.45) is 0 Å². The molecule has 8 aromatic rings. The van der Waals surface area contributed by atoms with Gasteiger partial charge in [-0.2, -0.15) is 27.5 Å². The van der Waals surface area contributed by atoms with Gasteiger partial charge in [-0.05, 0) is 123 Å². The van der Waals surface area contributed by atoms with Crippen molar-refractivity contribution in [1.82, 2.24) is 29.9 Å². The number of ether oxygens (including phenoxy) is 1. The zero-order chi connectivity index (χ0) is 61.3. The van der Waals surface area contributed by atoms with Crippen LogP contribution in [0.4, 0.5) is 27.6 Å². The van der Waals surface area contributed by atoms with E-state index in [4.69, 9.17) is 11.8 Å². The number of hydrogen-bond donors (Lipinski definition) is 2. The van der Waals surface area contributed by atoms with Gasteiger partial charge in [0.15, 0.2) is 11.6 Å². The Hall–Kier alpha value is -8.50. The first-order valence-corrected chi connectivity index (χ1v) is 27.3. The van der Waals surface area contributed by atoms with E-state index in [9.17, 15) is 42.1 Å². The molecule has 11 rings (SSSR count). The van der Waals surface area contributed by atoms with Crippen molar-refractivity contribution in [2.75, 3.05) is 25.2 Å². The van der Waals surface area contributed by atoms with Crippen LogP contribution in [-0.2, 0) is 47.7 Å². The summed E-state index contributed by atoms with van der Waals surface area (Å²) >= 11 is 3.46. The maximum Gasteiger partial charge on any atom is 1.00 e. The zero-order valence-electron chi connectivity index (χ0n) is 49.6. The number of thiol groups is 1. The number of allylic oxidation sites excluding steroid dienone is 2. The van der Waals surface area contributed by atoms with Gasteiger partial charge < -0.3 is 11.9 Å². The second kappa shape index (κ2) is 30.3. The van der Waals surface area contributed by atoms with Crippen LogP contribution >= 0.6 is 12.6 Å². The predicted octanol–water partition coefficient (Wildman–Crippen LogP) is 10.7. The Balaban J connectivity index is 0.000000238. The van der Waals surface area contributed by atoms with Crippen LogP contribution in [0.3, 0.4) is 0 Å². The molecule has 0 spiro atoms. The van der Waals surface area contributed by atoms with Gasteiger partial charge in [0.1, 0.15) is 35.9 Å². The number of Topliss-reactive ketones (excluding diaryl/α,β-unsaturated/α-hetero) is 2. The molecule has 2 N–H and O–H groups in total. The SMILES string of the molecule is C1CCOC1.CC(C)(C#N)c1cccc(C(=O)Cc2cc(Cc3ncccc3-c3ncnc4c3C=CC4)c(F)cc2F)c1.CC(C)(C#N)c1cccc(C(=O)Cc2cc(N)c(F)cc2F)c1.Fc1ncccc1-c1ncnc2c1C=CC2.[2H]CS.[H-].[Li+]. The number of benzene rings is 4. The summed E-state index contributed by atoms with van der Waals surface area (Å²) in [6.07, 6.45) is 17.8. The maximum atomic E-state index is 14.9. The van der Waals surface area contributed by atoms with Gasteiger partial charge in [-0.1, -0.05) is 60.7 Å². The van der Waals surface area contributed by atoms with Crippen LogP contribution in [0.2, 0.25) is 0 Å². The van der Waals surface area contributed by atoms with Gasteiger partial charge in [-0.3, -0.25) is 14.6 Å². The van der Waals surface area contributed by atoms with Gasteiger partial charge in [0, 0.05) is 99.0 Å². The predicted molar refractivity (Wildman–Crippen MR) is 318 cm³/mol. The molecule has 0 radical (unpaired) electrons. The second-order valence-electron chi connectivity index (χ2n) is 20.5. The van der Waals surface area contributed by atoms with Crippen molar-refractivity contribution in [3.8, 4) is 34.7 Å². The average molecular weight is 1160 g/mol. The molecule has 0 saturated carbocycles. The number of carbonyl (C=O) groups excluding carboxylic acids is 2. The minimum Gasteiger partial charge on any atom is -1.00 e. The first-order chi connectivity index (χ1) is 40.8. The summed E-state index contributed by atoms with van der Waals surface area (Å²) in [5, 5.41) is 18.6. The number of ketones is 2. The van der Waals surface area contributed by atoms with Crippen LogP contribution in [0, 0.1) is 51.9 Å². The average Bonchev–Trinajstić information content (AvgIpc) is 2.30. The second-order valence-corrected chi connectivity index (χ2v) is 20.5. The smallest absolute Gasteiger partial charge is 1.00 e. The molecule has 3 aliphatic rings. The van der Waals surface area contributed by atoms with E-state index in [1.54, 1.807) is 101 Å². The number of anilines is 1. The number of aromatic nitrogens is 6. The minimum absolute atomic E-state index is 0. The first kappa shape index (κ1) is 64.1. The molecule has 1 fully saturated rings. The number of nitrogens with two attached hydrogens (primary N) is 1. The van der Waals surface area contributed by atoms with Crippen LogP contribution in [0.5, 0.6) is 0 Å². The number of carbonyl (C=O) groups is 2. The molecule has 19 heteroatoms. The van der Waals surface area contributed by atoms with E-state index < -0.39 is 40.0 Å². The topological polar surface area (TPSA) is 194 Å². The Morgan fingerprint density at radius 2 is 1.11 bits per heavy atom. The van der Waals surface area contributed by atoms with Gasteiger partial charge >= 0.3 is 18.9 Å². The van der Waals surface area contributed by atoms with E-state index in [-0.39, 0.29) is 79.7 Å². The Bertz CT molecular complexity index is 3880. The summed E-state index contributed by atoms with van der Waals surface area (Å²) in [5.74, 6) is -4.29. The third kappa shape index (κ3) is 16.7. The molecule has 430 valence electrons. The van der Waals surface area contributed by atoms with Crippen LogP contribution < -0.4 is 24.6 Å². The van der Waals surface area contributed by atoms with Crippen molar-refractivity contribution in [1.29, 1.82) is 10.5 Å². The molecule has 1 aliphatic heterocycles. The molecule has 4 aromatic heterocycles. The number of hydrogen-bond acceptors (Lipinski definition) is 13. The van der Waals surface area contributed by atoms with E-state index in [0.717, 1.165) is 66.3 Å². The molecule has 5 heterocycles. The molecular weight excluding hydrogens is 1100 g/mol. The van der Waals surface area contributed by atoms with Gasteiger partial charge in [0.05, 0.1) is 62.7 Å². The number of nitrogen functional groups attached to an aromatic ring is 1. The third-order valence-corrected chi connectivity index (χ3v) is 13.9. The molecule has 0 amide bonds. The first-order valence-electron chi connectivity index (χ1n) is 27.3. The molecule has 4 aromatic carbocycles. The fraction of sp³-hybridized carbons (Fsp3) is 0.242. The van der Waals surface area contributed by atoms with Gasteiger partial charge in [0.2, 0.25) is 5.95 Å². The zero-order valence-corrected chi connectivity index (χ0v) is 48.5. The molecule has 0 unspecified atom stereocenters. The number of pyridine rings is 2. The van der Waals surface area contributed by atoms with E-state index >= 15 is 0 Å². The van der Waals surface area contributed by atoms with Crippen molar-refractivity contribution < 1.29 is 57.9 Å². The van der Waals surface area contributed by atoms with E-state index in [0.29, 0.717) is 51.0 Å². The minimum atomic E-state index is -0.850. The number of fused-ring (bicyclic) bond motifs is 2. The monoisotopic (exact) mass is 1160 g/mol. The standard InChI is InChI=1S/C31H24F2N4O.C18H16F2N2O.C12H8FN3.C4H8O.CH4S.Li.H/c1-31(2,17-34)22-7-3-6-19(13-22)29(38)15-21-12-20(25(32)16-26(21)33)14-28-24(9-5-11-35-28)30-23-8-4-10-27(23)36-18-37-30;1-18(2,10-21)13-5-3-4-11(6-13)17(23)8-12-7-16(22)15(20)9-14(12)19;13-12-9(4-2-6-14-12)11-8-3-1-5-10(8)15-7-16-11;1-2-4-5-3-1;1-2;;/h3-9,11-13,16,18H,10,14-15H2,1-2H3;3-7,9H,8,22H2,1-2H3;1-4,6-7H,5H2;1-4H2;2H,1H3;;/q;;;;;+1;-1/i;;;;1D;;. The maximum absolute atomic E-state index is 14.9. The van der Waals surface area contributed by atoms with Crippen molar-refractivity contribution in [3.63, 3.8) is 0 Å². The number of halogens is 5. The normalized spacial score (nSPS) is 12.5. The van der Waals surface area contributed by atoms with E-state index in [1.165, 1.54) is 37.8 Å². The van der Waals surface area contributed by atoms with E-state index in [2.05, 4.69) is 54.7 Å². The molecule has 0 bridgehead atoms. The number of nitrogens with zero attached hydrogens (tertiary/aromatic N) is 8. The molecule has 0 atom stereocenters. The molecule has 12 nitrogen and oxygen atoms in total.